The van der Waals surface area contributed by atoms with Crippen molar-refractivity contribution in [2.75, 3.05) is 0 Å². The van der Waals surface area contributed by atoms with Gasteiger partial charge in [-0.3, -0.25) is 0 Å². The third kappa shape index (κ3) is 84.6. The van der Waals surface area contributed by atoms with E-state index in [2.05, 4.69) is 0 Å². The molecule has 0 amide bonds. The molecule has 11 heavy (non-hydrogen) atoms. The molecule has 0 saturated carbocycles. The van der Waals surface area contributed by atoms with E-state index in [1.54, 1.807) is 0 Å². The van der Waals surface area contributed by atoms with Crippen LogP contribution in [0.3, 0.4) is 0 Å². The fourth-order valence-electron chi connectivity index (χ4n) is 0. The predicted octanol–water partition coefficient (Wildman–Crippen LogP) is -10.7. The normalized spacial score (nSPS) is 5.45. The molecule has 0 aromatic rings. The van der Waals surface area contributed by atoms with Crippen LogP contribution < -0.4 is 80.9 Å². The van der Waals surface area contributed by atoms with Gasteiger partial charge in [0.1, 0.15) is 0 Å². The molecule has 0 heterocycles. The Balaban J connectivity index is -0.00000000121. The number of hydrogen-bond donors (Lipinski definition) is 4. The summed E-state index contributed by atoms with van der Waals surface area (Å²) in [4.78, 5) is 29.3. The Hall–Kier alpha value is 6.24. The van der Waals surface area contributed by atoms with Gasteiger partial charge in [-0.1, -0.05) is 0 Å². The van der Waals surface area contributed by atoms with Gasteiger partial charge in [0.25, 0.3) is 0 Å². The standard InChI is InChI=1S/Al.Ba.K.Na.H4O4Si.H2O.Sr.9H/c;;;;1-5(2,3)4;;;;;;;;;;;/h;;;;1-4H;1H2;;;;;;;;;;/q;+2;2*+1;;;+2;;;;6*-1. The van der Waals surface area contributed by atoms with Crippen molar-refractivity contribution < 1.29 is 114 Å². The van der Waals surface area contributed by atoms with Gasteiger partial charge in [0.15, 0.2) is 17.4 Å². The molecule has 0 bridgehead atoms. The maximum Gasteiger partial charge on any atom is 2.00 e. The molecule has 0 unspecified atom stereocenters. The van der Waals surface area contributed by atoms with Crippen molar-refractivity contribution in [3.63, 3.8) is 0 Å². The molecule has 0 radical (unpaired) electrons. The molecule has 11 heteroatoms. The number of hydrogen-bond acceptors (Lipinski definition) is 4. The molecule has 6 N–H and O–H groups in total. The van der Waals surface area contributed by atoms with E-state index in [0.29, 0.717) is 0 Å². The minimum Gasteiger partial charge on any atom is -1.00 e. The van der Waals surface area contributed by atoms with Crippen LogP contribution in [-0.4, -0.2) is 145 Å². The van der Waals surface area contributed by atoms with Crippen LogP contribution in [0.2, 0.25) is 0 Å². The van der Waals surface area contributed by atoms with E-state index in [1.165, 1.54) is 0 Å². The largest absolute Gasteiger partial charge is 2.00 e. The first-order valence-electron chi connectivity index (χ1n) is 0.894. The quantitative estimate of drug-likeness (QED) is 0.282. The first-order chi connectivity index (χ1) is 2.00. The Morgan fingerprint density at radius 1 is 1.00 bits per heavy atom. The van der Waals surface area contributed by atoms with E-state index in [1.807, 2.05) is 0 Å². The van der Waals surface area contributed by atoms with Crippen LogP contribution in [0, 0.1) is 0 Å². The second kappa shape index (κ2) is 25.2. The molecule has 5 nitrogen and oxygen atoms in total. The maximum absolute atomic E-state index is 7.33. The zero-order valence-corrected chi connectivity index (χ0v) is 20.2. The Labute approximate surface area is 228 Å². The maximum atomic E-state index is 7.33. The molecule has 0 saturated heterocycles. The summed E-state index contributed by atoms with van der Waals surface area (Å²) in [5.74, 6) is 0. The van der Waals surface area contributed by atoms with E-state index >= 15 is 0 Å². The third-order valence-electron chi connectivity index (χ3n) is 0. The van der Waals surface area contributed by atoms with Crippen LogP contribution >= 0.6 is 0 Å². The zero-order chi connectivity index (χ0) is 4.50. The molecule has 0 aliphatic carbocycles. The van der Waals surface area contributed by atoms with Gasteiger partial charge >= 0.3 is 184 Å². The second-order valence-corrected chi connectivity index (χ2v) is 1.80. The average molecular weight is 437 g/mol. The van der Waals surface area contributed by atoms with Gasteiger partial charge in [-0.25, -0.2) is 0 Å². The van der Waals surface area contributed by atoms with E-state index in [9.17, 15) is 0 Å². The van der Waals surface area contributed by atoms with Crippen molar-refractivity contribution in [3.8, 4) is 0 Å². The van der Waals surface area contributed by atoms with Crippen LogP contribution in [0.5, 0.6) is 0 Å². The molecule has 0 rings (SSSR count). The molecular formula is H15AlBaKNaO5SiSr. The monoisotopic (exact) mass is 438 g/mol. The van der Waals surface area contributed by atoms with Gasteiger partial charge in [0.05, 0.1) is 0 Å². The average Bonchev–Trinajstić information content (AvgIpc) is 0.722. The first-order valence-corrected chi connectivity index (χ1v) is 2.68. The van der Waals surface area contributed by atoms with Crippen molar-refractivity contribution in [3.05, 3.63) is 0 Å². The molecule has 58 valence electrons. The predicted molar refractivity (Wildman–Crippen MR) is 46.4 cm³/mol. The van der Waals surface area contributed by atoms with E-state index < -0.39 is 9.05 Å². The summed E-state index contributed by atoms with van der Waals surface area (Å²) in [5, 5.41) is 0. The van der Waals surface area contributed by atoms with E-state index in [4.69, 9.17) is 19.2 Å². The molecule has 0 aliphatic heterocycles. The van der Waals surface area contributed by atoms with Crippen molar-refractivity contribution in [2.45, 2.75) is 0 Å². The zero-order valence-electron chi connectivity index (χ0n) is 12.2. The Morgan fingerprint density at radius 3 is 1.00 bits per heavy atom. The van der Waals surface area contributed by atoms with E-state index in [-0.39, 0.29) is 207 Å². The summed E-state index contributed by atoms with van der Waals surface area (Å²) < 4.78 is 0. The van der Waals surface area contributed by atoms with Crippen molar-refractivity contribution in [1.82, 2.24) is 0 Å². The van der Waals surface area contributed by atoms with Crippen LogP contribution in [0.4, 0.5) is 0 Å². The number of rotatable bonds is 0. The van der Waals surface area contributed by atoms with Crippen LogP contribution in [-0.2, 0) is 0 Å². The summed E-state index contributed by atoms with van der Waals surface area (Å²) in [7, 11) is -4.61. The van der Waals surface area contributed by atoms with Crippen LogP contribution in [0.25, 0.3) is 0 Å². The van der Waals surface area contributed by atoms with Gasteiger partial charge in [-0.15, -0.1) is 0 Å². The second-order valence-electron chi connectivity index (χ2n) is 0.600. The Morgan fingerprint density at radius 2 is 1.00 bits per heavy atom. The van der Waals surface area contributed by atoms with E-state index in [0.717, 1.165) is 0 Å². The molecule has 0 aliphatic rings. The smallest absolute Gasteiger partial charge is 1.00 e. The Bertz CT molecular complexity index is 57.9. The Kier molecular flexibility index (Phi) is 99.2. The third-order valence-corrected chi connectivity index (χ3v) is 0. The SMILES string of the molecule is O.O[Si](O)(O)O.[AlH3].[Ba+2].[H-].[H-].[H-].[H-].[H-].[H-].[K+].[Na+].[Sr+2]. The molecular weight excluding hydrogens is 422 g/mol. The molecule has 0 fully saturated rings. The molecule has 0 atom stereocenters. The summed E-state index contributed by atoms with van der Waals surface area (Å²) >= 11 is 0. The molecule has 0 aromatic heterocycles. The molecule has 0 aromatic carbocycles. The van der Waals surface area contributed by atoms with Crippen molar-refractivity contribution in [2.24, 2.45) is 0 Å². The topological polar surface area (TPSA) is 112 Å². The molecule has 0 spiro atoms. The van der Waals surface area contributed by atoms with Gasteiger partial charge in [-0.05, 0) is 0 Å². The van der Waals surface area contributed by atoms with Crippen molar-refractivity contribution >= 4 is 121 Å². The first kappa shape index (κ1) is 43.4. The minimum atomic E-state index is -4.61. The minimum absolute atomic E-state index is 0. The van der Waals surface area contributed by atoms with Crippen molar-refractivity contribution in [1.29, 1.82) is 0 Å². The van der Waals surface area contributed by atoms with Gasteiger partial charge < -0.3 is 33.2 Å². The summed E-state index contributed by atoms with van der Waals surface area (Å²) in [6.07, 6.45) is 0. The van der Waals surface area contributed by atoms with Crippen LogP contribution in [0.1, 0.15) is 8.56 Å². The van der Waals surface area contributed by atoms with Gasteiger partial charge in [0, 0.05) is 0 Å². The fourth-order valence-corrected chi connectivity index (χ4v) is 0. The summed E-state index contributed by atoms with van der Waals surface area (Å²) in [5.41, 5.74) is 0. The summed E-state index contributed by atoms with van der Waals surface area (Å²) in [6.45, 7) is 0. The van der Waals surface area contributed by atoms with Gasteiger partial charge in [0.2, 0.25) is 0 Å². The fraction of sp³-hybridized carbons (Fsp3) is 0. The van der Waals surface area contributed by atoms with Crippen LogP contribution in [0.15, 0.2) is 0 Å². The summed E-state index contributed by atoms with van der Waals surface area (Å²) in [6, 6.07) is 0. The van der Waals surface area contributed by atoms with Gasteiger partial charge in [-0.2, -0.15) is 0 Å².